The molecule has 2 unspecified atom stereocenters. The summed E-state index contributed by atoms with van der Waals surface area (Å²) in [5, 5.41) is 8.22. The predicted molar refractivity (Wildman–Crippen MR) is 142 cm³/mol. The third-order valence-electron chi connectivity index (χ3n) is 5.37. The van der Waals surface area contributed by atoms with Crippen LogP contribution in [0.4, 0.5) is 21.5 Å². The Morgan fingerprint density at radius 1 is 0.667 bits per heavy atom. The molecule has 0 aliphatic heterocycles. The summed E-state index contributed by atoms with van der Waals surface area (Å²) < 4.78 is 14.6. The van der Waals surface area contributed by atoms with Crippen molar-refractivity contribution in [2.45, 2.75) is 5.92 Å². The Kier molecular flexibility index (Phi) is 7.93. The van der Waals surface area contributed by atoms with Crippen LogP contribution in [0.5, 0.6) is 0 Å². The summed E-state index contributed by atoms with van der Waals surface area (Å²) in [4.78, 5) is 39.1. The summed E-state index contributed by atoms with van der Waals surface area (Å²) in [7, 11) is 0. The summed E-state index contributed by atoms with van der Waals surface area (Å²) >= 11 is 1.40. The third kappa shape index (κ3) is 6.26. The first-order valence-electron chi connectivity index (χ1n) is 11.1. The number of benzene rings is 4. The van der Waals surface area contributed by atoms with Crippen molar-refractivity contribution in [1.29, 1.82) is 0 Å². The molecule has 36 heavy (non-hydrogen) atoms. The van der Waals surface area contributed by atoms with Crippen LogP contribution < -0.4 is 20.3 Å². The molecule has 0 aliphatic carbocycles. The average molecular weight is 543 g/mol. The van der Waals surface area contributed by atoms with Gasteiger partial charge in [-0.15, -0.1) is 0 Å². The van der Waals surface area contributed by atoms with E-state index in [0.29, 0.717) is 16.8 Å². The van der Waals surface area contributed by atoms with Crippen molar-refractivity contribution in [3.63, 3.8) is 0 Å². The predicted octanol–water partition coefficient (Wildman–Crippen LogP) is 3.70. The van der Waals surface area contributed by atoms with E-state index in [1.807, 2.05) is 30.3 Å². The minimum absolute atomic E-state index is 0.230. The third-order valence-corrected chi connectivity index (χ3v) is 6.43. The molecule has 6 nitrogen and oxygen atoms in total. The molecule has 4 aromatic rings. The Morgan fingerprint density at radius 3 is 1.94 bits per heavy atom. The fraction of sp³-hybridized carbons (Fsp3) is 0.0357. The topological polar surface area (TPSA) is 87.3 Å². The molecule has 0 bridgehead atoms. The SMILES string of the molecule is O=C(Nc1ccccc1[AsH2])c1ccc(C(C(=O)Nc2ccccc2)C(=O)Nc2cccc(F)c2)cc1. The molecule has 0 aromatic heterocycles. The number of rotatable bonds is 7. The van der Waals surface area contributed by atoms with Crippen LogP contribution >= 0.6 is 0 Å². The fourth-order valence-corrected chi connectivity index (χ4v) is 4.16. The van der Waals surface area contributed by atoms with Gasteiger partial charge in [0.15, 0.2) is 0 Å². The first-order chi connectivity index (χ1) is 17.4. The second kappa shape index (κ2) is 11.5. The Hall–Kier alpha value is -4.22. The number of para-hydroxylation sites is 2. The second-order valence-electron chi connectivity index (χ2n) is 7.95. The van der Waals surface area contributed by atoms with Crippen LogP contribution in [0.2, 0.25) is 0 Å². The van der Waals surface area contributed by atoms with Crippen LogP contribution in [0.25, 0.3) is 0 Å². The van der Waals surface area contributed by atoms with Crippen molar-refractivity contribution >= 4 is 56.0 Å². The molecule has 0 saturated carbocycles. The van der Waals surface area contributed by atoms with E-state index < -0.39 is 23.5 Å². The first kappa shape index (κ1) is 24.9. The number of carbonyl (C=O) groups is 3. The van der Waals surface area contributed by atoms with E-state index in [1.165, 1.54) is 41.1 Å². The van der Waals surface area contributed by atoms with Gasteiger partial charge in [-0.2, -0.15) is 0 Å². The normalized spacial score (nSPS) is 11.3. The van der Waals surface area contributed by atoms with Gasteiger partial charge in [0.2, 0.25) is 0 Å². The minimum atomic E-state index is -1.25. The van der Waals surface area contributed by atoms with Crippen molar-refractivity contribution in [3.8, 4) is 0 Å². The Bertz CT molecular complexity index is 1390. The van der Waals surface area contributed by atoms with Crippen LogP contribution in [0.15, 0.2) is 103 Å². The summed E-state index contributed by atoms with van der Waals surface area (Å²) in [6, 6.07) is 27.9. The van der Waals surface area contributed by atoms with Gasteiger partial charge in [-0.25, -0.2) is 4.39 Å². The molecule has 8 heteroatoms. The number of hydrogen-bond acceptors (Lipinski definition) is 3. The van der Waals surface area contributed by atoms with Crippen molar-refractivity contribution in [2.75, 3.05) is 16.0 Å². The van der Waals surface area contributed by atoms with E-state index in [-0.39, 0.29) is 11.6 Å². The average Bonchev–Trinajstić information content (AvgIpc) is 2.86. The first-order valence-corrected chi connectivity index (χ1v) is 12.3. The standard InChI is InChI=1S/C28H23AsFN3O3/c29-23-11-4-5-12-24(23)33-26(34)19-15-13-18(14-16-19)25(27(35)31-21-8-2-1-3-9-21)28(36)32-22-10-6-7-20(30)17-22/h1-17,25H,29H2,(H,31,35)(H,32,36)(H,33,34). The van der Waals surface area contributed by atoms with E-state index in [4.69, 9.17) is 0 Å². The molecule has 0 heterocycles. The zero-order chi connectivity index (χ0) is 25.5. The molecule has 0 aliphatic rings. The molecule has 180 valence electrons. The van der Waals surface area contributed by atoms with Crippen LogP contribution in [0.3, 0.4) is 0 Å². The maximum absolute atomic E-state index is 13.6. The molecule has 0 saturated heterocycles. The zero-order valence-electron chi connectivity index (χ0n) is 19.1. The van der Waals surface area contributed by atoms with Crippen LogP contribution in [0, 0.1) is 5.82 Å². The van der Waals surface area contributed by atoms with E-state index >= 15 is 0 Å². The molecule has 0 radical (unpaired) electrons. The molecule has 4 aromatic carbocycles. The van der Waals surface area contributed by atoms with Gasteiger partial charge in [-0.1, -0.05) is 24.3 Å². The van der Waals surface area contributed by atoms with Gasteiger partial charge in [0, 0.05) is 0 Å². The van der Waals surface area contributed by atoms with Gasteiger partial charge in [-0.05, 0) is 30.3 Å². The van der Waals surface area contributed by atoms with E-state index in [2.05, 4.69) is 16.0 Å². The number of hydrogen-bond donors (Lipinski definition) is 3. The molecule has 3 N–H and O–H groups in total. The van der Waals surface area contributed by atoms with Gasteiger partial charge >= 0.3 is 152 Å². The van der Waals surface area contributed by atoms with E-state index in [1.54, 1.807) is 48.5 Å². The molecular formula is C28H23AsFN3O3. The molecule has 0 fully saturated rings. The summed E-state index contributed by atoms with van der Waals surface area (Å²) in [5.74, 6) is -3.25. The quantitative estimate of drug-likeness (QED) is 0.246. The van der Waals surface area contributed by atoms with Crippen LogP contribution in [-0.4, -0.2) is 34.6 Å². The van der Waals surface area contributed by atoms with Crippen molar-refractivity contribution in [2.24, 2.45) is 0 Å². The van der Waals surface area contributed by atoms with Gasteiger partial charge in [-0.3, -0.25) is 0 Å². The Balaban J connectivity index is 1.58. The number of halogens is 1. The van der Waals surface area contributed by atoms with Gasteiger partial charge in [0.25, 0.3) is 0 Å². The second-order valence-corrected chi connectivity index (χ2v) is 9.26. The Morgan fingerprint density at radius 2 is 1.28 bits per heavy atom. The van der Waals surface area contributed by atoms with Gasteiger partial charge < -0.3 is 0 Å². The molecule has 2 atom stereocenters. The van der Waals surface area contributed by atoms with Gasteiger partial charge in [0.05, 0.1) is 0 Å². The summed E-state index contributed by atoms with van der Waals surface area (Å²) in [6.45, 7) is 0. The van der Waals surface area contributed by atoms with Gasteiger partial charge in [0.1, 0.15) is 5.82 Å². The molecular weight excluding hydrogens is 520 g/mol. The number of amides is 3. The monoisotopic (exact) mass is 543 g/mol. The molecule has 0 spiro atoms. The maximum atomic E-state index is 13.6. The van der Waals surface area contributed by atoms with E-state index in [0.717, 1.165) is 10.0 Å². The number of carbonyl (C=O) groups excluding carboxylic acids is 3. The van der Waals surface area contributed by atoms with Crippen LogP contribution in [0.1, 0.15) is 21.8 Å². The fourth-order valence-electron chi connectivity index (χ4n) is 3.57. The molecule has 3 amide bonds. The van der Waals surface area contributed by atoms with Crippen molar-refractivity contribution < 1.29 is 18.8 Å². The summed E-state index contributed by atoms with van der Waals surface area (Å²) in [6.07, 6.45) is 0. The zero-order valence-corrected chi connectivity index (χ0v) is 21.5. The Labute approximate surface area is 216 Å². The van der Waals surface area contributed by atoms with Crippen molar-refractivity contribution in [1.82, 2.24) is 0 Å². The summed E-state index contributed by atoms with van der Waals surface area (Å²) in [5.41, 5.74) is 2.24. The number of nitrogens with one attached hydrogen (secondary N) is 3. The molecule has 4 rings (SSSR count). The number of anilines is 3. The van der Waals surface area contributed by atoms with Crippen molar-refractivity contribution in [3.05, 3.63) is 120 Å². The van der Waals surface area contributed by atoms with Crippen LogP contribution in [-0.2, 0) is 9.59 Å². The van der Waals surface area contributed by atoms with E-state index in [9.17, 15) is 18.8 Å².